The molecule has 0 bridgehead atoms. The second-order valence-electron chi connectivity index (χ2n) is 7.48. The summed E-state index contributed by atoms with van der Waals surface area (Å²) in [7, 11) is -2.11. The molecule has 0 heterocycles. The van der Waals surface area contributed by atoms with Gasteiger partial charge in [0.15, 0.2) is 0 Å². The monoisotopic (exact) mass is 568 g/mol. The summed E-state index contributed by atoms with van der Waals surface area (Å²) in [5, 5.41) is 0. The second-order valence-corrected chi connectivity index (χ2v) is 9.10. The number of hydrogen-bond acceptors (Lipinski definition) is 12. The molecule has 0 saturated carbocycles. The Morgan fingerprint density at radius 2 is 0.737 bits per heavy atom. The van der Waals surface area contributed by atoms with Crippen LogP contribution in [0, 0.1) is 0 Å². The first kappa shape index (κ1) is 34.8. The Labute approximate surface area is 226 Å². The van der Waals surface area contributed by atoms with E-state index in [-0.39, 0.29) is 18.1 Å². The van der Waals surface area contributed by atoms with Gasteiger partial charge in [0.25, 0.3) is 10.1 Å². The van der Waals surface area contributed by atoms with E-state index in [1.165, 1.54) is 12.1 Å². The van der Waals surface area contributed by atoms with Crippen LogP contribution in [0.25, 0.3) is 0 Å². The van der Waals surface area contributed by atoms with Crippen LogP contribution >= 0.6 is 0 Å². The molecular formula is C25H44O12S. The second kappa shape index (κ2) is 26.0. The van der Waals surface area contributed by atoms with Crippen molar-refractivity contribution in [2.45, 2.75) is 4.90 Å². The van der Waals surface area contributed by atoms with E-state index in [1.807, 2.05) is 0 Å². The summed E-state index contributed by atoms with van der Waals surface area (Å²) < 4.78 is 76.7. The molecule has 0 aromatic heterocycles. The zero-order valence-electron chi connectivity index (χ0n) is 22.4. The Bertz CT molecular complexity index is 720. The Morgan fingerprint density at radius 1 is 0.447 bits per heavy atom. The van der Waals surface area contributed by atoms with E-state index < -0.39 is 10.1 Å². The fourth-order valence-corrected chi connectivity index (χ4v) is 3.56. The minimum Gasteiger partial charge on any atom is -0.382 e. The third kappa shape index (κ3) is 21.7. The molecule has 0 spiro atoms. The van der Waals surface area contributed by atoms with Crippen molar-refractivity contribution in [1.29, 1.82) is 0 Å². The summed E-state index contributed by atoms with van der Waals surface area (Å²) in [6.45, 7) is 7.90. The van der Waals surface area contributed by atoms with Gasteiger partial charge in [-0.25, -0.2) is 0 Å². The van der Waals surface area contributed by atoms with Gasteiger partial charge in [0.2, 0.25) is 0 Å². The van der Waals surface area contributed by atoms with Crippen LogP contribution in [0.15, 0.2) is 35.2 Å². The van der Waals surface area contributed by atoms with Gasteiger partial charge >= 0.3 is 0 Å². The topological polar surface area (TPSA) is 126 Å². The zero-order chi connectivity index (χ0) is 27.4. The molecule has 1 rings (SSSR count). The van der Waals surface area contributed by atoms with Gasteiger partial charge in [0, 0.05) is 7.11 Å². The van der Waals surface area contributed by atoms with Crippen LogP contribution in [0.3, 0.4) is 0 Å². The third-order valence-electron chi connectivity index (χ3n) is 4.53. The van der Waals surface area contributed by atoms with Gasteiger partial charge in [-0.15, -0.1) is 0 Å². The summed E-state index contributed by atoms with van der Waals surface area (Å²) >= 11 is 0. The first-order chi connectivity index (χ1) is 18.7. The van der Waals surface area contributed by atoms with Crippen LogP contribution in [-0.4, -0.2) is 134 Å². The molecule has 13 heteroatoms. The van der Waals surface area contributed by atoms with E-state index in [4.69, 9.17) is 46.8 Å². The average Bonchev–Trinajstić information content (AvgIpc) is 2.93. The Kier molecular flexibility index (Phi) is 23.8. The van der Waals surface area contributed by atoms with E-state index in [0.29, 0.717) is 106 Å². The summed E-state index contributed by atoms with van der Waals surface area (Å²) in [6.07, 6.45) is 0. The van der Waals surface area contributed by atoms with E-state index >= 15 is 0 Å². The molecule has 38 heavy (non-hydrogen) atoms. The largest absolute Gasteiger partial charge is 0.382 e. The molecule has 0 radical (unpaired) electrons. The number of rotatable bonds is 29. The molecule has 1 aromatic rings. The summed E-state index contributed by atoms with van der Waals surface area (Å²) in [6, 6.07) is 7.98. The van der Waals surface area contributed by atoms with Crippen LogP contribution < -0.4 is 0 Å². The first-order valence-electron chi connectivity index (χ1n) is 12.7. The van der Waals surface area contributed by atoms with Crippen molar-refractivity contribution in [3.8, 4) is 0 Å². The standard InChI is InChI=1S/C25H44O12S/c1-28-7-8-29-9-10-30-11-12-31-13-14-32-15-16-33-17-18-34-19-20-35-21-22-36-23-24-37-38(26,27)25-5-3-2-4-6-25/h2-6H,7-24H2,1H3. The highest BCUT2D eigenvalue weighted by Crippen LogP contribution is 2.10. The van der Waals surface area contributed by atoms with Crippen LogP contribution in [0.2, 0.25) is 0 Å². The van der Waals surface area contributed by atoms with E-state index in [2.05, 4.69) is 0 Å². The molecule has 0 aliphatic rings. The Hall–Kier alpha value is -1.23. The smallest absolute Gasteiger partial charge is 0.297 e. The molecule has 12 nitrogen and oxygen atoms in total. The highest BCUT2D eigenvalue weighted by Gasteiger charge is 2.13. The van der Waals surface area contributed by atoms with Crippen molar-refractivity contribution in [3.05, 3.63) is 30.3 Å². The van der Waals surface area contributed by atoms with Gasteiger partial charge < -0.3 is 42.6 Å². The van der Waals surface area contributed by atoms with Crippen molar-refractivity contribution >= 4 is 10.1 Å². The van der Waals surface area contributed by atoms with Crippen molar-refractivity contribution in [2.24, 2.45) is 0 Å². The maximum Gasteiger partial charge on any atom is 0.297 e. The molecule has 0 aliphatic heterocycles. The summed E-state index contributed by atoms with van der Waals surface area (Å²) in [5.74, 6) is 0. The lowest BCUT2D eigenvalue weighted by atomic mass is 10.4. The van der Waals surface area contributed by atoms with Crippen molar-refractivity contribution in [3.63, 3.8) is 0 Å². The molecule has 0 N–H and O–H groups in total. The van der Waals surface area contributed by atoms with Crippen molar-refractivity contribution in [2.75, 3.05) is 126 Å². The molecule has 0 fully saturated rings. The Balaban J connectivity index is 1.70. The van der Waals surface area contributed by atoms with Gasteiger partial charge in [0.1, 0.15) is 0 Å². The van der Waals surface area contributed by atoms with Crippen molar-refractivity contribution in [1.82, 2.24) is 0 Å². The first-order valence-corrected chi connectivity index (χ1v) is 14.1. The fraction of sp³-hybridized carbons (Fsp3) is 0.760. The van der Waals surface area contributed by atoms with E-state index in [0.717, 1.165) is 0 Å². The molecule has 0 saturated heterocycles. The van der Waals surface area contributed by atoms with Gasteiger partial charge in [-0.2, -0.15) is 8.42 Å². The SMILES string of the molecule is COCCOCCOCCOCCOCCOCCOCCOCCOCCOS(=O)(=O)c1ccccc1. The summed E-state index contributed by atoms with van der Waals surface area (Å²) in [5.41, 5.74) is 0. The molecular weight excluding hydrogens is 524 g/mol. The molecule has 0 aliphatic carbocycles. The van der Waals surface area contributed by atoms with E-state index in [9.17, 15) is 8.42 Å². The lowest BCUT2D eigenvalue weighted by Crippen LogP contribution is -2.15. The highest BCUT2D eigenvalue weighted by atomic mass is 32.2. The molecule has 0 amide bonds. The highest BCUT2D eigenvalue weighted by molar-refractivity contribution is 7.86. The minimum absolute atomic E-state index is 0.0539. The number of methoxy groups -OCH3 is 1. The van der Waals surface area contributed by atoms with Crippen LogP contribution in [0.1, 0.15) is 0 Å². The normalized spacial score (nSPS) is 11.8. The predicted molar refractivity (Wildman–Crippen MR) is 138 cm³/mol. The maximum atomic E-state index is 11.9. The van der Waals surface area contributed by atoms with Crippen LogP contribution in [-0.2, 0) is 56.9 Å². The van der Waals surface area contributed by atoms with E-state index in [1.54, 1.807) is 25.3 Å². The van der Waals surface area contributed by atoms with Crippen LogP contribution in [0.5, 0.6) is 0 Å². The van der Waals surface area contributed by atoms with Crippen molar-refractivity contribution < 1.29 is 55.2 Å². The predicted octanol–water partition coefficient (Wildman–Crippen LogP) is 1.17. The van der Waals surface area contributed by atoms with Gasteiger partial charge in [-0.3, -0.25) is 4.18 Å². The summed E-state index contributed by atoms with van der Waals surface area (Å²) in [4.78, 5) is 0.123. The molecule has 0 unspecified atom stereocenters. The number of ether oxygens (including phenoxy) is 9. The molecule has 1 aromatic carbocycles. The lowest BCUT2D eigenvalue weighted by Gasteiger charge is -2.09. The Morgan fingerprint density at radius 3 is 1.05 bits per heavy atom. The fourth-order valence-electron chi connectivity index (χ4n) is 2.64. The van der Waals surface area contributed by atoms with Gasteiger partial charge in [-0.1, -0.05) is 18.2 Å². The number of hydrogen-bond donors (Lipinski definition) is 0. The quantitative estimate of drug-likeness (QED) is 0.102. The lowest BCUT2D eigenvalue weighted by molar-refractivity contribution is -0.0246. The van der Waals surface area contributed by atoms with Crippen LogP contribution in [0.4, 0.5) is 0 Å². The molecule has 222 valence electrons. The van der Waals surface area contributed by atoms with Gasteiger partial charge in [0.05, 0.1) is 124 Å². The van der Waals surface area contributed by atoms with Gasteiger partial charge in [-0.05, 0) is 12.1 Å². The maximum absolute atomic E-state index is 11.9. The molecule has 0 atom stereocenters. The third-order valence-corrected chi connectivity index (χ3v) is 5.86. The zero-order valence-corrected chi connectivity index (χ0v) is 23.2. The average molecular weight is 569 g/mol. The minimum atomic E-state index is -3.75. The number of benzene rings is 1.